The second kappa shape index (κ2) is 4.15. The van der Waals surface area contributed by atoms with Crippen LogP contribution in [0.3, 0.4) is 0 Å². The van der Waals surface area contributed by atoms with Gasteiger partial charge in [0.1, 0.15) is 0 Å². The lowest BCUT2D eigenvalue weighted by atomic mass is 9.40. The van der Waals surface area contributed by atoms with Crippen molar-refractivity contribution >= 4 is 5.91 Å². The fourth-order valence-corrected chi connectivity index (χ4v) is 8.57. The SMILES string of the molecule is CN1CCCN(C(=O)C23CC4CC5(C)CC(C)(C2)C5(C4)C3)CC1. The summed E-state index contributed by atoms with van der Waals surface area (Å²) in [6, 6.07) is 0. The molecule has 5 fully saturated rings. The van der Waals surface area contributed by atoms with E-state index in [1.54, 1.807) is 0 Å². The molecule has 5 atom stereocenters. The van der Waals surface area contributed by atoms with E-state index >= 15 is 0 Å². The van der Waals surface area contributed by atoms with Crippen molar-refractivity contribution < 1.29 is 4.79 Å². The van der Waals surface area contributed by atoms with E-state index < -0.39 is 0 Å². The predicted octanol–water partition coefficient (Wildman–Crippen LogP) is 3.15. The Morgan fingerprint density at radius 3 is 2.57 bits per heavy atom. The first kappa shape index (κ1) is 14.7. The van der Waals surface area contributed by atoms with Crippen molar-refractivity contribution in [3.05, 3.63) is 0 Å². The van der Waals surface area contributed by atoms with E-state index in [9.17, 15) is 4.79 Å². The molecule has 3 heteroatoms. The van der Waals surface area contributed by atoms with Crippen molar-refractivity contribution in [2.45, 2.75) is 58.8 Å². The van der Waals surface area contributed by atoms with Crippen LogP contribution in [-0.2, 0) is 4.79 Å². The highest BCUT2D eigenvalue weighted by Crippen LogP contribution is 2.88. The van der Waals surface area contributed by atoms with Crippen molar-refractivity contribution in [2.24, 2.45) is 27.6 Å². The summed E-state index contributed by atoms with van der Waals surface area (Å²) in [5.74, 6) is 1.37. The third-order valence-electron chi connectivity index (χ3n) is 8.98. The number of rotatable bonds is 1. The van der Waals surface area contributed by atoms with E-state index in [0.717, 1.165) is 38.5 Å². The highest BCUT2D eigenvalue weighted by atomic mass is 16.2. The number of fused-ring (bicyclic) bond motifs is 2. The monoisotopic (exact) mass is 316 g/mol. The number of carbonyl (C=O) groups is 1. The summed E-state index contributed by atoms with van der Waals surface area (Å²) in [6.07, 6.45) is 8.96. The summed E-state index contributed by atoms with van der Waals surface area (Å²) in [4.78, 5) is 18.3. The molecule has 1 heterocycles. The third-order valence-corrected chi connectivity index (χ3v) is 8.98. The van der Waals surface area contributed by atoms with Crippen LogP contribution in [0, 0.1) is 27.6 Å². The molecule has 5 rings (SSSR count). The average molecular weight is 316 g/mol. The molecule has 23 heavy (non-hydrogen) atoms. The minimum Gasteiger partial charge on any atom is -0.341 e. The second-order valence-electron chi connectivity index (χ2n) is 10.4. The summed E-state index contributed by atoms with van der Waals surface area (Å²) >= 11 is 0. The largest absolute Gasteiger partial charge is 0.341 e. The van der Waals surface area contributed by atoms with Gasteiger partial charge in [-0.25, -0.2) is 0 Å². The van der Waals surface area contributed by atoms with E-state index in [4.69, 9.17) is 0 Å². The maximum atomic E-state index is 13.6. The molecule has 1 saturated heterocycles. The van der Waals surface area contributed by atoms with E-state index in [1.807, 2.05) is 0 Å². The van der Waals surface area contributed by atoms with Gasteiger partial charge >= 0.3 is 0 Å². The van der Waals surface area contributed by atoms with E-state index in [-0.39, 0.29) is 5.41 Å². The molecule has 5 aliphatic rings. The zero-order valence-corrected chi connectivity index (χ0v) is 15.2. The van der Waals surface area contributed by atoms with Crippen molar-refractivity contribution in [2.75, 3.05) is 33.2 Å². The lowest BCUT2D eigenvalue weighted by molar-refractivity contribution is -0.157. The summed E-state index contributed by atoms with van der Waals surface area (Å²) in [6.45, 7) is 9.18. The number of hydrogen-bond acceptors (Lipinski definition) is 2. The Hall–Kier alpha value is -0.570. The Labute approximate surface area is 140 Å². The Balaban J connectivity index is 1.46. The molecule has 1 aliphatic heterocycles. The predicted molar refractivity (Wildman–Crippen MR) is 91.0 cm³/mol. The first-order valence-electron chi connectivity index (χ1n) is 9.80. The lowest BCUT2D eigenvalue weighted by Crippen LogP contribution is -2.57. The Morgan fingerprint density at radius 1 is 0.913 bits per heavy atom. The number of amides is 1. The molecule has 0 N–H and O–H groups in total. The van der Waals surface area contributed by atoms with Crippen LogP contribution in [0.4, 0.5) is 0 Å². The van der Waals surface area contributed by atoms with Gasteiger partial charge in [0.15, 0.2) is 0 Å². The van der Waals surface area contributed by atoms with Gasteiger partial charge in [-0.05, 0) is 80.7 Å². The molecule has 128 valence electrons. The van der Waals surface area contributed by atoms with Gasteiger partial charge in [0, 0.05) is 19.6 Å². The van der Waals surface area contributed by atoms with Crippen LogP contribution in [0.15, 0.2) is 0 Å². The van der Waals surface area contributed by atoms with Gasteiger partial charge in [-0.2, -0.15) is 0 Å². The topological polar surface area (TPSA) is 23.6 Å². The van der Waals surface area contributed by atoms with Gasteiger partial charge in [-0.15, -0.1) is 0 Å². The minimum atomic E-state index is 0.00877. The lowest BCUT2D eigenvalue weighted by Gasteiger charge is -2.64. The Bertz CT molecular complexity index is 576. The Kier molecular flexibility index (Phi) is 2.66. The van der Waals surface area contributed by atoms with Gasteiger partial charge in [-0.1, -0.05) is 13.8 Å². The average Bonchev–Trinajstić information content (AvgIpc) is 2.66. The molecule has 5 unspecified atom stereocenters. The smallest absolute Gasteiger partial charge is 0.228 e. The molecular formula is C20H32N2O. The standard InChI is InChI=1S/C20H32N2O/c1-17-9-15-10-19(13-18(2,12-17)20(17,11-15)14-19)16(23)22-6-4-5-21(3)7-8-22/h15H,4-14H2,1-3H3. The van der Waals surface area contributed by atoms with Crippen molar-refractivity contribution in [1.82, 2.24) is 9.80 Å². The molecule has 3 nitrogen and oxygen atoms in total. The highest BCUT2D eigenvalue weighted by molar-refractivity contribution is 5.84. The number of nitrogens with zero attached hydrogens (tertiary/aromatic N) is 2. The van der Waals surface area contributed by atoms with Crippen molar-refractivity contribution in [1.29, 1.82) is 0 Å². The third kappa shape index (κ3) is 1.59. The van der Waals surface area contributed by atoms with Crippen LogP contribution in [0.5, 0.6) is 0 Å². The van der Waals surface area contributed by atoms with E-state index in [2.05, 4.69) is 30.7 Å². The first-order valence-corrected chi connectivity index (χ1v) is 9.80. The summed E-state index contributed by atoms with van der Waals surface area (Å²) in [5, 5.41) is 0. The maximum Gasteiger partial charge on any atom is 0.228 e. The van der Waals surface area contributed by atoms with Crippen LogP contribution in [0.2, 0.25) is 0 Å². The van der Waals surface area contributed by atoms with Crippen LogP contribution in [0.25, 0.3) is 0 Å². The van der Waals surface area contributed by atoms with Gasteiger partial charge < -0.3 is 9.80 Å². The van der Waals surface area contributed by atoms with Crippen molar-refractivity contribution in [3.63, 3.8) is 0 Å². The zero-order chi connectivity index (χ0) is 16.1. The quantitative estimate of drug-likeness (QED) is 0.742. The number of likely N-dealkylation sites (N-methyl/N-ethyl adjacent to an activating group) is 1. The molecule has 0 aromatic carbocycles. The number of hydrogen-bond donors (Lipinski definition) is 0. The van der Waals surface area contributed by atoms with Gasteiger partial charge in [-0.3, -0.25) is 4.79 Å². The Morgan fingerprint density at radius 2 is 1.74 bits per heavy atom. The summed E-state index contributed by atoms with van der Waals surface area (Å²) in [7, 11) is 2.19. The molecule has 0 aromatic rings. The molecule has 1 spiro atoms. The van der Waals surface area contributed by atoms with Gasteiger partial charge in [0.25, 0.3) is 0 Å². The van der Waals surface area contributed by atoms with Crippen LogP contribution in [-0.4, -0.2) is 48.9 Å². The zero-order valence-electron chi connectivity index (χ0n) is 15.2. The minimum absolute atomic E-state index is 0.00877. The molecular weight excluding hydrogens is 284 g/mol. The van der Waals surface area contributed by atoms with Gasteiger partial charge in [0.05, 0.1) is 5.41 Å². The molecule has 0 aromatic heterocycles. The summed E-state index contributed by atoms with van der Waals surface area (Å²) < 4.78 is 0. The fraction of sp³-hybridized carbons (Fsp3) is 0.950. The normalized spacial score (nSPS) is 54.7. The van der Waals surface area contributed by atoms with E-state index in [1.165, 1.54) is 38.5 Å². The summed E-state index contributed by atoms with van der Waals surface area (Å²) in [5.41, 5.74) is 1.55. The van der Waals surface area contributed by atoms with Crippen LogP contribution >= 0.6 is 0 Å². The fourth-order valence-electron chi connectivity index (χ4n) is 8.57. The first-order chi connectivity index (χ1) is 10.8. The molecule has 1 amide bonds. The van der Waals surface area contributed by atoms with Crippen LogP contribution < -0.4 is 0 Å². The molecule has 4 saturated carbocycles. The number of carbonyl (C=O) groups excluding carboxylic acids is 1. The van der Waals surface area contributed by atoms with Gasteiger partial charge in [0.2, 0.25) is 5.91 Å². The van der Waals surface area contributed by atoms with Crippen LogP contribution in [0.1, 0.15) is 58.8 Å². The maximum absolute atomic E-state index is 13.6. The molecule has 4 aliphatic carbocycles. The van der Waals surface area contributed by atoms with Crippen molar-refractivity contribution in [3.8, 4) is 0 Å². The van der Waals surface area contributed by atoms with E-state index in [0.29, 0.717) is 22.2 Å². The second-order valence-corrected chi connectivity index (χ2v) is 10.4. The molecule has 3 bridgehead atoms. The highest BCUT2D eigenvalue weighted by Gasteiger charge is 2.81. The molecule has 0 radical (unpaired) electrons.